The number of benzene rings is 1. The minimum atomic E-state index is -3.63. The summed E-state index contributed by atoms with van der Waals surface area (Å²) in [5, 5.41) is 4.40. The van der Waals surface area contributed by atoms with Crippen LogP contribution in [0.25, 0.3) is 0 Å². The van der Waals surface area contributed by atoms with E-state index < -0.39 is 15.6 Å². The van der Waals surface area contributed by atoms with E-state index in [1.165, 1.54) is 12.1 Å². The highest BCUT2D eigenvalue weighted by atomic mass is 32.2. The van der Waals surface area contributed by atoms with Crippen LogP contribution in [0.3, 0.4) is 0 Å². The van der Waals surface area contributed by atoms with Crippen molar-refractivity contribution >= 4 is 33.0 Å². The molecule has 0 radical (unpaired) electrons. The molecule has 0 unspecified atom stereocenters. The maximum atomic E-state index is 12.2. The molecule has 0 fully saturated rings. The number of carbonyl (C=O) groups is 1. The Bertz CT molecular complexity index is 779. The van der Waals surface area contributed by atoms with Crippen LogP contribution < -0.4 is 15.8 Å². The molecule has 4 N–H and O–H groups in total. The lowest BCUT2D eigenvalue weighted by atomic mass is 10.1. The summed E-state index contributed by atoms with van der Waals surface area (Å²) in [4.78, 5) is 12.1. The van der Waals surface area contributed by atoms with Gasteiger partial charge in [-0.2, -0.15) is 0 Å². The van der Waals surface area contributed by atoms with E-state index in [0.717, 1.165) is 11.3 Å². The number of nitrogens with one attached hydrogen (secondary N) is 2. The Morgan fingerprint density at radius 2 is 2.00 bits per heavy atom. The third-order valence-corrected chi connectivity index (χ3v) is 5.62. The molecule has 0 saturated carbocycles. The van der Waals surface area contributed by atoms with Gasteiger partial charge in [-0.1, -0.05) is 12.1 Å². The first-order valence-corrected chi connectivity index (χ1v) is 9.27. The van der Waals surface area contributed by atoms with Gasteiger partial charge in [-0.25, -0.2) is 8.42 Å². The van der Waals surface area contributed by atoms with Crippen molar-refractivity contribution in [1.29, 1.82) is 0 Å². The van der Waals surface area contributed by atoms with E-state index in [9.17, 15) is 13.2 Å². The Labute approximate surface area is 139 Å². The van der Waals surface area contributed by atoms with Crippen molar-refractivity contribution in [3.05, 3.63) is 47.3 Å². The van der Waals surface area contributed by atoms with Crippen molar-refractivity contribution in [3.8, 4) is 0 Å². The lowest BCUT2D eigenvalue weighted by Crippen LogP contribution is -2.45. The molecule has 124 valence electrons. The van der Waals surface area contributed by atoms with E-state index in [0.29, 0.717) is 17.8 Å². The second-order valence-corrected chi connectivity index (χ2v) is 8.65. The van der Waals surface area contributed by atoms with E-state index in [2.05, 4.69) is 10.0 Å². The zero-order valence-electron chi connectivity index (χ0n) is 12.9. The summed E-state index contributed by atoms with van der Waals surface area (Å²) < 4.78 is 27.1. The van der Waals surface area contributed by atoms with Crippen LogP contribution in [0, 0.1) is 0 Å². The molecule has 0 aliphatic heterocycles. The monoisotopic (exact) mass is 353 g/mol. The van der Waals surface area contributed by atoms with Gasteiger partial charge in [-0.05, 0) is 43.5 Å². The van der Waals surface area contributed by atoms with E-state index in [-0.39, 0.29) is 10.1 Å². The molecule has 1 heterocycles. The highest BCUT2D eigenvalue weighted by Crippen LogP contribution is 2.20. The number of hydrogen-bond donors (Lipinski definition) is 3. The lowest BCUT2D eigenvalue weighted by molar-refractivity contribution is 0.0946. The Hall–Kier alpha value is -1.90. The molecule has 1 amide bonds. The zero-order valence-corrected chi connectivity index (χ0v) is 14.5. The first-order valence-electron chi connectivity index (χ1n) is 6.91. The Morgan fingerprint density at radius 3 is 2.61 bits per heavy atom. The Morgan fingerprint density at radius 1 is 1.26 bits per heavy atom. The van der Waals surface area contributed by atoms with Crippen LogP contribution in [-0.2, 0) is 10.0 Å². The maximum Gasteiger partial charge on any atom is 0.271 e. The molecule has 6 nitrogen and oxygen atoms in total. The van der Waals surface area contributed by atoms with Crippen LogP contribution in [0.1, 0.15) is 24.2 Å². The number of amides is 1. The first kappa shape index (κ1) is 17.5. The molecule has 23 heavy (non-hydrogen) atoms. The first-order chi connectivity index (χ1) is 10.7. The van der Waals surface area contributed by atoms with Gasteiger partial charge >= 0.3 is 0 Å². The van der Waals surface area contributed by atoms with Crippen molar-refractivity contribution in [2.24, 2.45) is 5.73 Å². The van der Waals surface area contributed by atoms with Crippen LogP contribution in [-0.4, -0.2) is 26.4 Å². The Kier molecular flexibility index (Phi) is 5.08. The average Bonchev–Trinajstić information content (AvgIpc) is 2.99. The normalized spacial score (nSPS) is 12.0. The SMILES string of the molecule is CC(C)(N)CNC(=O)c1cccc(NS(=O)(=O)c2cccs2)c1. The van der Waals surface area contributed by atoms with Gasteiger partial charge in [0.1, 0.15) is 4.21 Å². The van der Waals surface area contributed by atoms with Crippen molar-refractivity contribution in [2.75, 3.05) is 11.3 Å². The quantitative estimate of drug-likeness (QED) is 0.739. The van der Waals surface area contributed by atoms with Gasteiger partial charge in [0.05, 0.1) is 0 Å². The summed E-state index contributed by atoms with van der Waals surface area (Å²) in [6.45, 7) is 3.93. The fourth-order valence-electron chi connectivity index (χ4n) is 1.76. The molecule has 2 rings (SSSR count). The molecular formula is C15H19N3O3S2. The topological polar surface area (TPSA) is 101 Å². The maximum absolute atomic E-state index is 12.2. The molecule has 2 aromatic rings. The molecule has 0 spiro atoms. The lowest BCUT2D eigenvalue weighted by Gasteiger charge is -2.19. The smallest absolute Gasteiger partial charge is 0.271 e. The summed E-state index contributed by atoms with van der Waals surface area (Å²) in [5.41, 5.74) is 6.00. The minimum absolute atomic E-state index is 0.220. The van der Waals surface area contributed by atoms with Gasteiger partial charge in [-0.3, -0.25) is 9.52 Å². The van der Waals surface area contributed by atoms with Gasteiger partial charge in [-0.15, -0.1) is 11.3 Å². The number of anilines is 1. The van der Waals surface area contributed by atoms with Crippen LogP contribution in [0.4, 0.5) is 5.69 Å². The molecule has 0 aliphatic rings. The Balaban J connectivity index is 2.13. The summed E-state index contributed by atoms with van der Waals surface area (Å²) in [7, 11) is -3.63. The second-order valence-electron chi connectivity index (χ2n) is 5.79. The van der Waals surface area contributed by atoms with Gasteiger partial charge in [0.25, 0.3) is 15.9 Å². The number of carbonyl (C=O) groups excluding carboxylic acids is 1. The fraction of sp³-hybridized carbons (Fsp3) is 0.267. The van der Waals surface area contributed by atoms with Gasteiger partial charge in [0, 0.05) is 23.3 Å². The highest BCUT2D eigenvalue weighted by Gasteiger charge is 2.17. The predicted octanol–water partition coefficient (Wildman–Crippen LogP) is 2.02. The summed E-state index contributed by atoms with van der Waals surface area (Å²) in [5.74, 6) is -0.305. The third kappa shape index (κ3) is 5.05. The minimum Gasteiger partial charge on any atom is -0.350 e. The fourth-order valence-corrected chi connectivity index (χ4v) is 3.80. The van der Waals surface area contributed by atoms with Crippen LogP contribution in [0.15, 0.2) is 46.0 Å². The molecule has 1 aromatic carbocycles. The van der Waals surface area contributed by atoms with Crippen molar-refractivity contribution in [1.82, 2.24) is 5.32 Å². The number of sulfonamides is 1. The van der Waals surface area contributed by atoms with E-state index in [1.54, 1.807) is 43.5 Å². The van der Waals surface area contributed by atoms with Gasteiger partial charge in [0.15, 0.2) is 0 Å². The predicted molar refractivity (Wildman–Crippen MR) is 92.2 cm³/mol. The highest BCUT2D eigenvalue weighted by molar-refractivity contribution is 7.94. The van der Waals surface area contributed by atoms with Crippen molar-refractivity contribution < 1.29 is 13.2 Å². The average molecular weight is 353 g/mol. The van der Waals surface area contributed by atoms with E-state index in [4.69, 9.17) is 5.73 Å². The number of nitrogens with two attached hydrogens (primary N) is 1. The molecular weight excluding hydrogens is 334 g/mol. The summed E-state index contributed by atoms with van der Waals surface area (Å²) in [6, 6.07) is 9.50. The summed E-state index contributed by atoms with van der Waals surface area (Å²) in [6.07, 6.45) is 0. The molecule has 1 aromatic heterocycles. The molecule has 0 bridgehead atoms. The van der Waals surface area contributed by atoms with Crippen molar-refractivity contribution in [3.63, 3.8) is 0 Å². The van der Waals surface area contributed by atoms with Crippen molar-refractivity contribution in [2.45, 2.75) is 23.6 Å². The molecule has 8 heteroatoms. The van der Waals surface area contributed by atoms with Crippen LogP contribution in [0.5, 0.6) is 0 Å². The second kappa shape index (κ2) is 6.69. The number of rotatable bonds is 6. The van der Waals surface area contributed by atoms with E-state index in [1.807, 2.05) is 0 Å². The van der Waals surface area contributed by atoms with E-state index >= 15 is 0 Å². The standard InChI is InChI=1S/C15H19N3O3S2/c1-15(2,16)10-17-14(19)11-5-3-6-12(9-11)18-23(20,21)13-7-4-8-22-13/h3-9,18H,10,16H2,1-2H3,(H,17,19). The largest absolute Gasteiger partial charge is 0.350 e. The number of hydrogen-bond acceptors (Lipinski definition) is 5. The number of thiophene rings is 1. The van der Waals surface area contributed by atoms with Crippen LogP contribution >= 0.6 is 11.3 Å². The van der Waals surface area contributed by atoms with Gasteiger partial charge in [0.2, 0.25) is 0 Å². The van der Waals surface area contributed by atoms with Gasteiger partial charge < -0.3 is 11.1 Å². The third-order valence-electron chi connectivity index (χ3n) is 2.84. The van der Waals surface area contributed by atoms with Crippen LogP contribution in [0.2, 0.25) is 0 Å². The zero-order chi connectivity index (χ0) is 17.1. The molecule has 0 aliphatic carbocycles. The molecule has 0 saturated heterocycles. The summed E-state index contributed by atoms with van der Waals surface area (Å²) >= 11 is 1.13. The molecule has 0 atom stereocenters.